The first-order chi connectivity index (χ1) is 9.61. The van der Waals surface area contributed by atoms with E-state index in [1.54, 1.807) is 42.5 Å². The number of para-hydroxylation sites is 1. The van der Waals surface area contributed by atoms with Gasteiger partial charge in [-0.2, -0.15) is 0 Å². The van der Waals surface area contributed by atoms with Crippen molar-refractivity contribution in [1.82, 2.24) is 0 Å². The number of hydrogen-bond acceptors (Lipinski definition) is 3. The maximum atomic E-state index is 11.5. The normalized spacial score (nSPS) is 11.8. The van der Waals surface area contributed by atoms with Gasteiger partial charge in [0, 0.05) is 5.56 Å². The van der Waals surface area contributed by atoms with E-state index in [1.807, 2.05) is 6.07 Å². The molecule has 0 aromatic heterocycles. The second kappa shape index (κ2) is 6.10. The average Bonchev–Trinajstić information content (AvgIpc) is 2.46. The van der Waals surface area contributed by atoms with Crippen molar-refractivity contribution in [2.45, 2.75) is 12.3 Å². The van der Waals surface area contributed by atoms with E-state index in [0.717, 1.165) is 5.56 Å². The molecule has 0 bridgehead atoms. The number of aromatic hydroxyl groups is 1. The summed E-state index contributed by atoms with van der Waals surface area (Å²) in [6, 6.07) is 13.7. The largest absolute Gasteiger partial charge is 0.508 e. The molecule has 0 heterocycles. The minimum atomic E-state index is -0.900. The summed E-state index contributed by atoms with van der Waals surface area (Å²) in [5, 5.41) is 18.7. The standard InChI is InChI=1S/C16H16O4/c1-20-15-5-3-2-4-13(15)14(16(18)19)10-11-6-8-12(17)9-7-11/h2-9,14,17H,10H2,1H3,(H,18,19). The van der Waals surface area contributed by atoms with Crippen LogP contribution in [0, 0.1) is 0 Å². The zero-order valence-corrected chi connectivity index (χ0v) is 11.1. The van der Waals surface area contributed by atoms with Gasteiger partial charge in [0.1, 0.15) is 11.5 Å². The Morgan fingerprint density at radius 3 is 2.40 bits per heavy atom. The molecule has 0 saturated carbocycles. The first-order valence-corrected chi connectivity index (χ1v) is 6.25. The number of rotatable bonds is 5. The Morgan fingerprint density at radius 2 is 1.80 bits per heavy atom. The molecule has 2 N–H and O–H groups in total. The number of benzene rings is 2. The first-order valence-electron chi connectivity index (χ1n) is 6.25. The lowest BCUT2D eigenvalue weighted by Gasteiger charge is -2.16. The summed E-state index contributed by atoms with van der Waals surface area (Å²) in [5.74, 6) is -0.852. The number of phenols is 1. The van der Waals surface area contributed by atoms with Crippen LogP contribution >= 0.6 is 0 Å². The van der Waals surface area contributed by atoms with E-state index in [-0.39, 0.29) is 5.75 Å². The fraction of sp³-hybridized carbons (Fsp3) is 0.188. The van der Waals surface area contributed by atoms with Crippen LogP contribution in [0.4, 0.5) is 0 Å². The van der Waals surface area contributed by atoms with E-state index in [2.05, 4.69) is 0 Å². The van der Waals surface area contributed by atoms with E-state index in [4.69, 9.17) is 4.74 Å². The number of ether oxygens (including phenoxy) is 1. The van der Waals surface area contributed by atoms with Crippen molar-refractivity contribution in [2.24, 2.45) is 0 Å². The number of hydrogen-bond donors (Lipinski definition) is 2. The summed E-state index contributed by atoms with van der Waals surface area (Å²) in [6.07, 6.45) is 0.343. The van der Waals surface area contributed by atoms with E-state index < -0.39 is 11.9 Å². The Kier molecular flexibility index (Phi) is 4.25. The number of carboxylic acids is 1. The van der Waals surface area contributed by atoms with Gasteiger partial charge in [-0.15, -0.1) is 0 Å². The van der Waals surface area contributed by atoms with Gasteiger partial charge in [-0.3, -0.25) is 4.79 Å². The van der Waals surface area contributed by atoms with Crippen molar-refractivity contribution >= 4 is 5.97 Å². The maximum Gasteiger partial charge on any atom is 0.311 e. The summed E-state index contributed by atoms with van der Waals surface area (Å²) in [5.41, 5.74) is 1.50. The van der Waals surface area contributed by atoms with E-state index in [1.165, 1.54) is 7.11 Å². The molecular weight excluding hydrogens is 256 g/mol. The summed E-state index contributed by atoms with van der Waals surface area (Å²) in [6.45, 7) is 0. The second-order valence-electron chi connectivity index (χ2n) is 4.50. The van der Waals surface area contributed by atoms with Gasteiger partial charge in [0.25, 0.3) is 0 Å². The van der Waals surface area contributed by atoms with Crippen LogP contribution in [-0.2, 0) is 11.2 Å². The Labute approximate surface area is 117 Å². The molecule has 2 aromatic rings. The minimum absolute atomic E-state index is 0.165. The third-order valence-electron chi connectivity index (χ3n) is 3.19. The molecule has 1 unspecified atom stereocenters. The van der Waals surface area contributed by atoms with E-state index in [9.17, 15) is 15.0 Å². The summed E-state index contributed by atoms with van der Waals surface area (Å²) in [4.78, 5) is 11.5. The van der Waals surface area contributed by atoms with E-state index in [0.29, 0.717) is 17.7 Å². The summed E-state index contributed by atoms with van der Waals surface area (Å²) >= 11 is 0. The van der Waals surface area contributed by atoms with Gasteiger partial charge in [-0.1, -0.05) is 30.3 Å². The van der Waals surface area contributed by atoms with Gasteiger partial charge in [-0.25, -0.2) is 0 Å². The monoisotopic (exact) mass is 272 g/mol. The Balaban J connectivity index is 2.32. The highest BCUT2D eigenvalue weighted by atomic mass is 16.5. The zero-order valence-electron chi connectivity index (χ0n) is 11.1. The second-order valence-corrected chi connectivity index (χ2v) is 4.50. The molecule has 2 aromatic carbocycles. The molecule has 0 aliphatic rings. The van der Waals surface area contributed by atoms with Crippen LogP contribution in [-0.4, -0.2) is 23.3 Å². The molecule has 1 atom stereocenters. The van der Waals surface area contributed by atoms with Crippen molar-refractivity contribution in [3.63, 3.8) is 0 Å². The number of carboxylic acid groups (broad SMARTS) is 1. The van der Waals surface area contributed by atoms with Crippen LogP contribution < -0.4 is 4.74 Å². The third kappa shape index (κ3) is 3.09. The smallest absolute Gasteiger partial charge is 0.311 e. The Bertz CT molecular complexity index is 590. The molecule has 2 rings (SSSR count). The van der Waals surface area contributed by atoms with Crippen LogP contribution in [0.15, 0.2) is 48.5 Å². The van der Waals surface area contributed by atoms with Gasteiger partial charge < -0.3 is 14.9 Å². The van der Waals surface area contributed by atoms with Gasteiger partial charge in [0.2, 0.25) is 0 Å². The fourth-order valence-electron chi connectivity index (χ4n) is 2.15. The van der Waals surface area contributed by atoms with Crippen LogP contribution in [0.1, 0.15) is 17.0 Å². The van der Waals surface area contributed by atoms with Crippen molar-refractivity contribution in [1.29, 1.82) is 0 Å². The lowest BCUT2D eigenvalue weighted by molar-refractivity contribution is -0.138. The lowest BCUT2D eigenvalue weighted by atomic mass is 9.91. The number of carbonyl (C=O) groups is 1. The third-order valence-corrected chi connectivity index (χ3v) is 3.19. The van der Waals surface area contributed by atoms with Crippen LogP contribution in [0.25, 0.3) is 0 Å². The number of methoxy groups -OCH3 is 1. The molecule has 4 nitrogen and oxygen atoms in total. The molecule has 20 heavy (non-hydrogen) atoms. The van der Waals surface area contributed by atoms with Crippen molar-refractivity contribution in [3.05, 3.63) is 59.7 Å². The molecule has 0 spiro atoms. The number of phenolic OH excluding ortho intramolecular Hbond substituents is 1. The molecule has 0 aliphatic heterocycles. The van der Waals surface area contributed by atoms with Crippen LogP contribution in [0.2, 0.25) is 0 Å². The van der Waals surface area contributed by atoms with Gasteiger partial charge in [-0.05, 0) is 30.2 Å². The van der Waals surface area contributed by atoms with Crippen LogP contribution in [0.5, 0.6) is 11.5 Å². The summed E-state index contributed by atoms with van der Waals surface area (Å²) in [7, 11) is 1.53. The summed E-state index contributed by atoms with van der Waals surface area (Å²) < 4.78 is 5.23. The first kappa shape index (κ1) is 13.9. The van der Waals surface area contributed by atoms with E-state index >= 15 is 0 Å². The van der Waals surface area contributed by atoms with Gasteiger partial charge >= 0.3 is 5.97 Å². The van der Waals surface area contributed by atoms with Gasteiger partial charge in [0.05, 0.1) is 13.0 Å². The molecule has 0 amide bonds. The molecular formula is C16H16O4. The fourth-order valence-corrected chi connectivity index (χ4v) is 2.15. The minimum Gasteiger partial charge on any atom is -0.508 e. The molecule has 104 valence electrons. The molecule has 0 radical (unpaired) electrons. The zero-order chi connectivity index (χ0) is 14.5. The highest BCUT2D eigenvalue weighted by Crippen LogP contribution is 2.29. The molecule has 0 aliphatic carbocycles. The average molecular weight is 272 g/mol. The van der Waals surface area contributed by atoms with Crippen molar-refractivity contribution in [3.8, 4) is 11.5 Å². The van der Waals surface area contributed by atoms with Crippen LogP contribution in [0.3, 0.4) is 0 Å². The maximum absolute atomic E-state index is 11.5. The molecule has 0 saturated heterocycles. The number of aliphatic carboxylic acids is 1. The molecule has 4 heteroatoms. The van der Waals surface area contributed by atoms with Gasteiger partial charge in [0.15, 0.2) is 0 Å². The predicted molar refractivity (Wildman–Crippen MR) is 75.2 cm³/mol. The quantitative estimate of drug-likeness (QED) is 0.878. The molecule has 0 fully saturated rings. The predicted octanol–water partition coefficient (Wildman–Crippen LogP) is 2.81. The van der Waals surface area contributed by atoms with Crippen molar-refractivity contribution < 1.29 is 19.7 Å². The topological polar surface area (TPSA) is 66.8 Å². The lowest BCUT2D eigenvalue weighted by Crippen LogP contribution is -2.15. The van der Waals surface area contributed by atoms with Crippen molar-refractivity contribution in [2.75, 3.05) is 7.11 Å². The highest BCUT2D eigenvalue weighted by molar-refractivity contribution is 5.77. The highest BCUT2D eigenvalue weighted by Gasteiger charge is 2.23. The SMILES string of the molecule is COc1ccccc1C(Cc1ccc(O)cc1)C(=O)O. The Morgan fingerprint density at radius 1 is 1.15 bits per heavy atom. The Hall–Kier alpha value is -2.49.